The third kappa shape index (κ3) is 2.62. The smallest absolute Gasteiger partial charge is 0.276 e. The molecule has 0 amide bonds. The molecule has 6 nitrogen and oxygen atoms in total. The first-order valence-corrected chi connectivity index (χ1v) is 7.71. The SMILES string of the molecule is C=NC=CN(C)c1c[nH]n2c(=O)c(CC)c(-c3ccccc3)nc12. The molecule has 24 heavy (non-hydrogen) atoms. The Labute approximate surface area is 139 Å². The van der Waals surface area contributed by atoms with E-state index in [1.165, 1.54) is 4.52 Å². The number of hydrogen-bond acceptors (Lipinski definition) is 4. The van der Waals surface area contributed by atoms with E-state index in [1.807, 2.05) is 49.2 Å². The molecule has 1 aromatic carbocycles. The van der Waals surface area contributed by atoms with Crippen molar-refractivity contribution in [1.29, 1.82) is 0 Å². The van der Waals surface area contributed by atoms with Crippen molar-refractivity contribution in [1.82, 2.24) is 14.6 Å². The van der Waals surface area contributed by atoms with Gasteiger partial charge in [-0.15, -0.1) is 0 Å². The number of nitrogens with zero attached hydrogens (tertiary/aromatic N) is 4. The molecule has 0 spiro atoms. The molecule has 122 valence electrons. The molecule has 0 aliphatic rings. The summed E-state index contributed by atoms with van der Waals surface area (Å²) in [5.74, 6) is 0. The molecule has 6 heteroatoms. The summed E-state index contributed by atoms with van der Waals surface area (Å²) < 4.78 is 1.48. The first-order chi connectivity index (χ1) is 11.7. The number of hydrogen-bond donors (Lipinski definition) is 1. The second-order valence-corrected chi connectivity index (χ2v) is 5.37. The highest BCUT2D eigenvalue weighted by Gasteiger charge is 2.17. The van der Waals surface area contributed by atoms with Gasteiger partial charge in [0.1, 0.15) is 5.69 Å². The van der Waals surface area contributed by atoms with E-state index in [0.29, 0.717) is 17.6 Å². The lowest BCUT2D eigenvalue weighted by molar-refractivity contribution is 0.870. The molecule has 0 atom stereocenters. The van der Waals surface area contributed by atoms with Gasteiger partial charge in [0.05, 0.1) is 5.69 Å². The van der Waals surface area contributed by atoms with E-state index in [9.17, 15) is 4.79 Å². The van der Waals surface area contributed by atoms with Gasteiger partial charge in [0.15, 0.2) is 5.65 Å². The zero-order valence-electron chi connectivity index (χ0n) is 13.7. The summed E-state index contributed by atoms with van der Waals surface area (Å²) >= 11 is 0. The number of aromatic nitrogens is 3. The number of aromatic amines is 1. The Hall–Kier alpha value is -3.15. The van der Waals surface area contributed by atoms with Crippen molar-refractivity contribution in [3.63, 3.8) is 0 Å². The minimum atomic E-state index is -0.0770. The zero-order valence-corrected chi connectivity index (χ0v) is 13.7. The average molecular weight is 321 g/mol. The summed E-state index contributed by atoms with van der Waals surface area (Å²) in [6.07, 6.45) is 5.72. The molecule has 0 saturated carbocycles. The molecule has 0 aliphatic heterocycles. The Balaban J connectivity index is 2.27. The number of anilines is 1. The van der Waals surface area contributed by atoms with Gasteiger partial charge >= 0.3 is 0 Å². The van der Waals surface area contributed by atoms with E-state index in [0.717, 1.165) is 16.9 Å². The number of aliphatic imine (C=N–C) groups is 1. The summed E-state index contributed by atoms with van der Waals surface area (Å²) in [5, 5.41) is 2.99. The normalized spacial score (nSPS) is 11.2. The highest BCUT2D eigenvalue weighted by Crippen LogP contribution is 2.24. The van der Waals surface area contributed by atoms with Crippen LogP contribution in [0.1, 0.15) is 12.5 Å². The number of H-pyrrole nitrogens is 1. The third-order valence-corrected chi connectivity index (χ3v) is 3.91. The van der Waals surface area contributed by atoms with Crippen molar-refractivity contribution in [3.05, 3.63) is 64.8 Å². The van der Waals surface area contributed by atoms with Crippen LogP contribution in [0.4, 0.5) is 5.69 Å². The van der Waals surface area contributed by atoms with Crippen LogP contribution >= 0.6 is 0 Å². The lowest BCUT2D eigenvalue weighted by Crippen LogP contribution is -2.21. The fourth-order valence-corrected chi connectivity index (χ4v) is 2.68. The van der Waals surface area contributed by atoms with Gasteiger partial charge in [0.25, 0.3) is 5.56 Å². The van der Waals surface area contributed by atoms with Gasteiger partial charge in [0, 0.05) is 36.8 Å². The van der Waals surface area contributed by atoms with Gasteiger partial charge in [-0.05, 0) is 13.1 Å². The summed E-state index contributed by atoms with van der Waals surface area (Å²) in [5.41, 5.74) is 3.64. The maximum Gasteiger partial charge on any atom is 0.276 e. The van der Waals surface area contributed by atoms with Crippen molar-refractivity contribution in [2.24, 2.45) is 4.99 Å². The molecular formula is C18H19N5O. The van der Waals surface area contributed by atoms with Gasteiger partial charge in [-0.3, -0.25) is 14.9 Å². The fourth-order valence-electron chi connectivity index (χ4n) is 2.68. The Morgan fingerprint density at radius 3 is 2.79 bits per heavy atom. The van der Waals surface area contributed by atoms with Crippen molar-refractivity contribution in [2.45, 2.75) is 13.3 Å². The topological polar surface area (TPSA) is 65.8 Å². The largest absolute Gasteiger partial charge is 0.345 e. The fraction of sp³-hybridized carbons (Fsp3) is 0.167. The lowest BCUT2D eigenvalue weighted by Gasteiger charge is -2.12. The highest BCUT2D eigenvalue weighted by atomic mass is 16.1. The molecule has 0 unspecified atom stereocenters. The van der Waals surface area contributed by atoms with Crippen molar-refractivity contribution >= 4 is 18.1 Å². The third-order valence-electron chi connectivity index (χ3n) is 3.91. The molecule has 3 aromatic rings. The molecule has 0 saturated heterocycles. The highest BCUT2D eigenvalue weighted by molar-refractivity contribution is 5.73. The summed E-state index contributed by atoms with van der Waals surface area (Å²) in [4.78, 5) is 23.2. The second kappa shape index (κ2) is 6.54. The first-order valence-electron chi connectivity index (χ1n) is 7.71. The standard InChI is InChI=1S/C18H19N5O/c1-4-14-16(13-8-6-5-7-9-13)21-17-15(22(3)11-10-19-2)12-20-23(17)18(14)24/h5-12,20H,2,4H2,1,3H3. The molecule has 0 bridgehead atoms. The van der Waals surface area contributed by atoms with Crippen LogP contribution < -0.4 is 10.5 Å². The van der Waals surface area contributed by atoms with Gasteiger partial charge in [-0.2, -0.15) is 4.52 Å². The maximum absolute atomic E-state index is 12.8. The van der Waals surface area contributed by atoms with Crippen LogP contribution in [0.25, 0.3) is 16.9 Å². The van der Waals surface area contributed by atoms with E-state index < -0.39 is 0 Å². The minimum Gasteiger partial charge on any atom is -0.345 e. The molecule has 2 heterocycles. The Bertz CT molecular complexity index is 953. The number of fused-ring (bicyclic) bond motifs is 1. The van der Waals surface area contributed by atoms with Gasteiger partial charge < -0.3 is 4.90 Å². The monoisotopic (exact) mass is 321 g/mol. The van der Waals surface area contributed by atoms with Crippen molar-refractivity contribution < 1.29 is 0 Å². The number of benzene rings is 1. The predicted octanol–water partition coefficient (Wildman–Crippen LogP) is 2.86. The number of rotatable bonds is 5. The minimum absolute atomic E-state index is 0.0770. The van der Waals surface area contributed by atoms with Crippen LogP contribution in [-0.2, 0) is 6.42 Å². The average Bonchev–Trinajstić information content (AvgIpc) is 3.04. The summed E-state index contributed by atoms with van der Waals surface area (Å²) in [6, 6.07) is 9.77. The molecular weight excluding hydrogens is 302 g/mol. The van der Waals surface area contributed by atoms with Crippen LogP contribution in [0.3, 0.4) is 0 Å². The Kier molecular flexibility index (Phi) is 4.29. The molecule has 0 fully saturated rings. The number of nitrogens with one attached hydrogen (secondary N) is 1. The predicted molar refractivity (Wildman–Crippen MR) is 97.7 cm³/mol. The first kappa shape index (κ1) is 15.7. The molecule has 0 radical (unpaired) electrons. The van der Waals surface area contributed by atoms with E-state index in [4.69, 9.17) is 4.98 Å². The van der Waals surface area contributed by atoms with Crippen LogP contribution in [-0.4, -0.2) is 28.4 Å². The Morgan fingerprint density at radius 2 is 2.12 bits per heavy atom. The summed E-state index contributed by atoms with van der Waals surface area (Å²) in [6.45, 7) is 5.39. The van der Waals surface area contributed by atoms with Crippen LogP contribution in [0, 0.1) is 0 Å². The molecule has 1 N–H and O–H groups in total. The second-order valence-electron chi connectivity index (χ2n) is 5.37. The Morgan fingerprint density at radius 1 is 1.38 bits per heavy atom. The van der Waals surface area contributed by atoms with Crippen molar-refractivity contribution in [3.8, 4) is 11.3 Å². The van der Waals surface area contributed by atoms with Crippen LogP contribution in [0.2, 0.25) is 0 Å². The van der Waals surface area contributed by atoms with E-state index >= 15 is 0 Å². The molecule has 0 aliphatic carbocycles. The van der Waals surface area contributed by atoms with Crippen molar-refractivity contribution in [2.75, 3.05) is 11.9 Å². The van der Waals surface area contributed by atoms with Crippen LogP contribution in [0.5, 0.6) is 0 Å². The van der Waals surface area contributed by atoms with Gasteiger partial charge in [-0.1, -0.05) is 37.3 Å². The van der Waals surface area contributed by atoms with E-state index in [2.05, 4.69) is 16.8 Å². The van der Waals surface area contributed by atoms with E-state index in [1.54, 1.807) is 18.6 Å². The van der Waals surface area contributed by atoms with Gasteiger partial charge in [-0.25, -0.2) is 4.98 Å². The lowest BCUT2D eigenvalue weighted by atomic mass is 10.1. The quantitative estimate of drug-likeness (QED) is 0.735. The zero-order chi connectivity index (χ0) is 17.1. The maximum atomic E-state index is 12.8. The van der Waals surface area contributed by atoms with Crippen LogP contribution in [0.15, 0.2) is 58.7 Å². The summed E-state index contributed by atoms with van der Waals surface area (Å²) in [7, 11) is 1.87. The molecule has 3 rings (SSSR count). The van der Waals surface area contributed by atoms with E-state index in [-0.39, 0.29) is 5.56 Å². The molecule has 2 aromatic heterocycles. The van der Waals surface area contributed by atoms with Gasteiger partial charge in [0.2, 0.25) is 0 Å².